The number of hydrogen-bond acceptors (Lipinski definition) is 4. The molecule has 1 amide bonds. The molecule has 30 heavy (non-hydrogen) atoms. The number of piperidine rings is 1. The summed E-state index contributed by atoms with van der Waals surface area (Å²) in [7, 11) is 0. The maximum Gasteiger partial charge on any atom is 0.403 e. The number of nitrogens with one attached hydrogen (secondary N) is 1. The lowest BCUT2D eigenvalue weighted by atomic mass is 9.97. The Kier molecular flexibility index (Phi) is 11.7. The number of amides is 1. The molecule has 2 heterocycles. The zero-order chi connectivity index (χ0) is 21.4. The van der Waals surface area contributed by atoms with Gasteiger partial charge in [-0.1, -0.05) is 0 Å². The van der Waals surface area contributed by atoms with Crippen molar-refractivity contribution in [2.24, 2.45) is 16.6 Å². The summed E-state index contributed by atoms with van der Waals surface area (Å²) in [5, 5.41) is 3.25. The molecule has 7 nitrogen and oxygen atoms in total. The number of guanidine groups is 1. The van der Waals surface area contributed by atoms with E-state index in [0.717, 1.165) is 44.9 Å². The fraction of sp³-hybridized carbons (Fsp3) is 0.895. The minimum atomic E-state index is -4.19. The normalized spacial score (nSPS) is 23.0. The Morgan fingerprint density at radius 1 is 1.23 bits per heavy atom. The second-order valence-corrected chi connectivity index (χ2v) is 7.87. The minimum Gasteiger partial charge on any atom is -0.369 e. The van der Waals surface area contributed by atoms with Crippen molar-refractivity contribution in [2.45, 2.75) is 45.3 Å². The van der Waals surface area contributed by atoms with Crippen LogP contribution in [0, 0.1) is 5.92 Å². The number of piperazine rings is 1. The van der Waals surface area contributed by atoms with E-state index in [9.17, 15) is 18.0 Å². The van der Waals surface area contributed by atoms with Crippen LogP contribution in [0.1, 0.15) is 33.1 Å². The molecule has 0 saturated carbocycles. The SMILES string of the molecule is CCNC(=NCCCN1CCCC(C(N)=O)C1)N1CCN(C(C)C(F)(F)F)CC1.I. The Hall–Kier alpha value is -0.820. The zero-order valence-corrected chi connectivity index (χ0v) is 20.3. The van der Waals surface area contributed by atoms with Gasteiger partial charge < -0.3 is 20.9 Å². The number of nitrogens with two attached hydrogens (primary N) is 1. The van der Waals surface area contributed by atoms with Crippen LogP contribution < -0.4 is 11.1 Å². The number of likely N-dealkylation sites (tertiary alicyclic amines) is 1. The third-order valence-electron chi connectivity index (χ3n) is 5.77. The van der Waals surface area contributed by atoms with Gasteiger partial charge in [-0.2, -0.15) is 13.2 Å². The summed E-state index contributed by atoms with van der Waals surface area (Å²) >= 11 is 0. The molecule has 0 spiro atoms. The van der Waals surface area contributed by atoms with Gasteiger partial charge in [-0.3, -0.25) is 14.7 Å². The van der Waals surface area contributed by atoms with Gasteiger partial charge in [-0.05, 0) is 46.2 Å². The van der Waals surface area contributed by atoms with Gasteiger partial charge in [0.1, 0.15) is 6.04 Å². The Morgan fingerprint density at radius 3 is 2.47 bits per heavy atom. The fourth-order valence-electron chi connectivity index (χ4n) is 3.92. The topological polar surface area (TPSA) is 77.2 Å². The highest BCUT2D eigenvalue weighted by Gasteiger charge is 2.41. The largest absolute Gasteiger partial charge is 0.403 e. The molecule has 0 aromatic rings. The molecule has 0 bridgehead atoms. The number of halogens is 4. The van der Waals surface area contributed by atoms with Crippen LogP contribution >= 0.6 is 24.0 Å². The molecule has 2 aliphatic rings. The van der Waals surface area contributed by atoms with Gasteiger partial charge in [0, 0.05) is 45.8 Å². The van der Waals surface area contributed by atoms with Crippen LogP contribution in [-0.2, 0) is 4.79 Å². The molecule has 0 radical (unpaired) electrons. The molecule has 2 unspecified atom stereocenters. The van der Waals surface area contributed by atoms with Crippen LogP contribution in [-0.4, -0.2) is 97.7 Å². The van der Waals surface area contributed by atoms with E-state index in [-0.39, 0.29) is 35.8 Å². The van der Waals surface area contributed by atoms with Gasteiger partial charge in [-0.25, -0.2) is 0 Å². The second kappa shape index (κ2) is 12.9. The third kappa shape index (κ3) is 8.37. The van der Waals surface area contributed by atoms with E-state index >= 15 is 0 Å². The van der Waals surface area contributed by atoms with E-state index in [0.29, 0.717) is 39.3 Å². The Labute approximate surface area is 194 Å². The summed E-state index contributed by atoms with van der Waals surface area (Å²) < 4.78 is 38.7. The molecule has 3 N–H and O–H groups in total. The van der Waals surface area contributed by atoms with Crippen molar-refractivity contribution >= 4 is 35.8 Å². The van der Waals surface area contributed by atoms with Crippen molar-refractivity contribution in [1.82, 2.24) is 20.0 Å². The van der Waals surface area contributed by atoms with Crippen molar-refractivity contribution < 1.29 is 18.0 Å². The Balaban J connectivity index is 0.00000450. The highest BCUT2D eigenvalue weighted by atomic mass is 127. The zero-order valence-electron chi connectivity index (χ0n) is 18.0. The van der Waals surface area contributed by atoms with Crippen LogP contribution in [0.3, 0.4) is 0 Å². The first kappa shape index (κ1) is 27.2. The highest BCUT2D eigenvalue weighted by Crippen LogP contribution is 2.25. The molecule has 0 aromatic carbocycles. The van der Waals surface area contributed by atoms with E-state index in [4.69, 9.17) is 5.73 Å². The summed E-state index contributed by atoms with van der Waals surface area (Å²) in [5.74, 6) is 0.488. The second-order valence-electron chi connectivity index (χ2n) is 7.87. The van der Waals surface area contributed by atoms with E-state index in [1.165, 1.54) is 11.8 Å². The lowest BCUT2D eigenvalue weighted by molar-refractivity contribution is -0.181. The number of primary amides is 1. The fourth-order valence-corrected chi connectivity index (χ4v) is 3.92. The molecule has 2 fully saturated rings. The summed E-state index contributed by atoms with van der Waals surface area (Å²) in [6.07, 6.45) is -1.47. The highest BCUT2D eigenvalue weighted by molar-refractivity contribution is 14.0. The summed E-state index contributed by atoms with van der Waals surface area (Å²) in [6, 6.07) is -1.42. The smallest absolute Gasteiger partial charge is 0.369 e. The van der Waals surface area contributed by atoms with Crippen LogP contribution in [0.2, 0.25) is 0 Å². The molecule has 2 rings (SSSR count). The van der Waals surface area contributed by atoms with E-state index in [1.807, 2.05) is 11.8 Å². The van der Waals surface area contributed by atoms with Gasteiger partial charge in [0.15, 0.2) is 5.96 Å². The van der Waals surface area contributed by atoms with E-state index in [2.05, 4.69) is 15.2 Å². The predicted molar refractivity (Wildman–Crippen MR) is 123 cm³/mol. The Morgan fingerprint density at radius 2 is 1.90 bits per heavy atom. The van der Waals surface area contributed by atoms with Gasteiger partial charge in [0.05, 0.1) is 5.92 Å². The van der Waals surface area contributed by atoms with Crippen molar-refractivity contribution in [1.29, 1.82) is 0 Å². The first-order valence-corrected chi connectivity index (χ1v) is 10.6. The number of aliphatic imine (C=N–C) groups is 1. The molecule has 0 aliphatic carbocycles. The number of alkyl halides is 3. The maximum atomic E-state index is 12.9. The molecule has 176 valence electrons. The summed E-state index contributed by atoms with van der Waals surface area (Å²) in [4.78, 5) is 21.8. The number of hydrogen-bond donors (Lipinski definition) is 2. The summed E-state index contributed by atoms with van der Waals surface area (Å²) in [5.41, 5.74) is 5.42. The standard InChI is InChI=1S/C19H35F3N6O.HI/c1-3-24-18(28-12-10-27(11-13-28)15(2)19(20,21)22)25-7-5-9-26-8-4-6-16(14-26)17(23)29;/h15-16H,3-14H2,1-2H3,(H2,23,29)(H,24,25);1H. The van der Waals surface area contributed by atoms with Crippen molar-refractivity contribution in [3.63, 3.8) is 0 Å². The maximum absolute atomic E-state index is 12.9. The van der Waals surface area contributed by atoms with Crippen molar-refractivity contribution in [3.05, 3.63) is 0 Å². The van der Waals surface area contributed by atoms with Gasteiger partial charge in [0.25, 0.3) is 0 Å². The first-order valence-electron chi connectivity index (χ1n) is 10.6. The minimum absolute atomic E-state index is 0. The first-order chi connectivity index (χ1) is 13.7. The van der Waals surface area contributed by atoms with Crippen LogP contribution in [0.4, 0.5) is 13.2 Å². The third-order valence-corrected chi connectivity index (χ3v) is 5.77. The summed E-state index contributed by atoms with van der Waals surface area (Å²) in [6.45, 7) is 8.91. The molecule has 2 aliphatic heterocycles. The van der Waals surface area contributed by atoms with E-state index in [1.54, 1.807) is 0 Å². The van der Waals surface area contributed by atoms with Crippen LogP contribution in [0.5, 0.6) is 0 Å². The van der Waals surface area contributed by atoms with Gasteiger partial charge >= 0.3 is 6.18 Å². The molecule has 11 heteroatoms. The lowest BCUT2D eigenvalue weighted by Crippen LogP contribution is -2.56. The number of rotatable bonds is 7. The van der Waals surface area contributed by atoms with Crippen molar-refractivity contribution in [2.75, 3.05) is 58.9 Å². The van der Waals surface area contributed by atoms with E-state index < -0.39 is 12.2 Å². The Bertz CT molecular complexity index is 555. The molecule has 2 saturated heterocycles. The lowest BCUT2D eigenvalue weighted by Gasteiger charge is -2.39. The van der Waals surface area contributed by atoms with Crippen LogP contribution in [0.25, 0.3) is 0 Å². The quantitative estimate of drug-likeness (QED) is 0.220. The molecular weight excluding hydrogens is 512 g/mol. The molecule has 2 atom stereocenters. The number of carbonyl (C=O) groups excluding carboxylic acids is 1. The van der Waals surface area contributed by atoms with Crippen LogP contribution in [0.15, 0.2) is 4.99 Å². The predicted octanol–water partition coefficient (Wildman–Crippen LogP) is 1.73. The average Bonchev–Trinajstić information content (AvgIpc) is 2.69. The number of nitrogens with zero attached hydrogens (tertiary/aromatic N) is 4. The molecular formula is C19H36F3IN6O. The number of carbonyl (C=O) groups is 1. The van der Waals surface area contributed by atoms with Gasteiger partial charge in [0.2, 0.25) is 5.91 Å². The van der Waals surface area contributed by atoms with Crippen molar-refractivity contribution in [3.8, 4) is 0 Å². The monoisotopic (exact) mass is 548 g/mol. The van der Waals surface area contributed by atoms with Gasteiger partial charge in [-0.15, -0.1) is 24.0 Å². The average molecular weight is 548 g/mol. The molecule has 0 aromatic heterocycles.